The predicted molar refractivity (Wildman–Crippen MR) is 218 cm³/mol. The first-order valence-electron chi connectivity index (χ1n) is 21.9. The summed E-state index contributed by atoms with van der Waals surface area (Å²) in [6.45, 7) is 15.3. The number of ketones is 1. The van der Waals surface area contributed by atoms with E-state index in [-0.39, 0.29) is 41.2 Å². The van der Waals surface area contributed by atoms with Crippen molar-refractivity contribution in [2.24, 2.45) is 39.4 Å². The summed E-state index contributed by atoms with van der Waals surface area (Å²) in [4.78, 5) is 45.3. The Labute approximate surface area is 343 Å². The van der Waals surface area contributed by atoms with Crippen LogP contribution in [0.5, 0.6) is 0 Å². The summed E-state index contributed by atoms with van der Waals surface area (Å²) >= 11 is 0. The molecule has 5 saturated carbocycles. The van der Waals surface area contributed by atoms with E-state index in [1.807, 2.05) is 37.8 Å². The average Bonchev–Trinajstić information content (AvgIpc) is 3.61. The number of hydrogen-bond donors (Lipinski definition) is 2. The van der Waals surface area contributed by atoms with E-state index in [4.69, 9.17) is 4.74 Å². The van der Waals surface area contributed by atoms with Crippen LogP contribution in [0, 0.1) is 51.0 Å². The molecular formula is C49H63F2NO6. The number of carbonyl (C=O) groups is 3. The van der Waals surface area contributed by atoms with Gasteiger partial charge >= 0.3 is 5.97 Å². The van der Waals surface area contributed by atoms with Gasteiger partial charge in [-0.25, -0.2) is 8.78 Å². The number of rotatable bonds is 7. The summed E-state index contributed by atoms with van der Waals surface area (Å²) in [5.74, 6) is -2.07. The molecule has 0 aromatic heterocycles. The van der Waals surface area contributed by atoms with E-state index in [2.05, 4.69) is 33.8 Å². The SMILES string of the molecule is CC1=CCC[C@@]2(C)[C@@H](CC[C@@]2(O)CN(C[C@@H]2CC[C@H]3C[C@@H]2C3(C)C)C(=O)[C@@]23CC[C@@](C)(C(=O)O2)C3(C)C)c2ccc(cc2C(=O)c2ccc(F)c(F)c2)C[C@@H](O)CC1. The minimum absolute atomic E-state index is 0.0226. The summed E-state index contributed by atoms with van der Waals surface area (Å²) in [5, 5.41) is 24.5. The minimum atomic E-state index is -1.39. The maximum absolute atomic E-state index is 15.5. The van der Waals surface area contributed by atoms with E-state index in [0.29, 0.717) is 87.3 Å². The molecule has 6 fully saturated rings. The van der Waals surface area contributed by atoms with E-state index in [1.54, 1.807) is 6.07 Å². The van der Waals surface area contributed by atoms with Crippen LogP contribution < -0.4 is 0 Å². The molecule has 9 atom stereocenters. The largest absolute Gasteiger partial charge is 0.448 e. The second kappa shape index (κ2) is 14.1. The van der Waals surface area contributed by atoms with Gasteiger partial charge in [0, 0.05) is 28.5 Å². The van der Waals surface area contributed by atoms with Gasteiger partial charge in [0.1, 0.15) is 0 Å². The molecule has 314 valence electrons. The number of esters is 1. The van der Waals surface area contributed by atoms with Crippen LogP contribution in [0.4, 0.5) is 8.78 Å². The van der Waals surface area contributed by atoms with E-state index in [1.165, 1.54) is 6.07 Å². The molecule has 9 heteroatoms. The van der Waals surface area contributed by atoms with Crippen LogP contribution in [0.15, 0.2) is 48.0 Å². The van der Waals surface area contributed by atoms with Crippen LogP contribution in [0.2, 0.25) is 0 Å². The van der Waals surface area contributed by atoms with Crippen LogP contribution in [-0.4, -0.2) is 63.2 Å². The van der Waals surface area contributed by atoms with Gasteiger partial charge in [0.05, 0.1) is 23.7 Å². The topological polar surface area (TPSA) is 104 Å². The molecule has 1 heterocycles. The molecule has 1 amide bonds. The minimum Gasteiger partial charge on any atom is -0.448 e. The molecule has 8 aliphatic rings. The number of amides is 1. The number of carbonyl (C=O) groups excluding carboxylic acids is 3. The Morgan fingerprint density at radius 3 is 2.33 bits per heavy atom. The number of hydrogen-bond acceptors (Lipinski definition) is 6. The first kappa shape index (κ1) is 41.3. The van der Waals surface area contributed by atoms with Gasteiger partial charge in [0.15, 0.2) is 23.0 Å². The zero-order valence-electron chi connectivity index (χ0n) is 35.6. The van der Waals surface area contributed by atoms with E-state index in [0.717, 1.165) is 42.5 Å². The van der Waals surface area contributed by atoms with Crippen molar-refractivity contribution in [3.63, 3.8) is 0 Å². The lowest BCUT2D eigenvalue weighted by Gasteiger charge is -2.61. The monoisotopic (exact) mass is 799 g/mol. The van der Waals surface area contributed by atoms with Crippen molar-refractivity contribution in [1.82, 2.24) is 4.90 Å². The molecule has 1 aliphatic heterocycles. The van der Waals surface area contributed by atoms with Crippen molar-refractivity contribution in [3.05, 3.63) is 81.9 Å². The Hall–Kier alpha value is -3.43. The molecule has 10 rings (SSSR count). The Kier molecular flexibility index (Phi) is 10.0. The summed E-state index contributed by atoms with van der Waals surface area (Å²) in [6, 6.07) is 8.85. The molecule has 0 radical (unpaired) electrons. The molecule has 58 heavy (non-hydrogen) atoms. The third-order valence-corrected chi connectivity index (χ3v) is 17.7. The summed E-state index contributed by atoms with van der Waals surface area (Å²) < 4.78 is 34.9. The molecule has 2 aromatic rings. The number of aliphatic hydroxyl groups is 2. The van der Waals surface area contributed by atoms with E-state index >= 15 is 4.79 Å². The van der Waals surface area contributed by atoms with E-state index < -0.39 is 51.0 Å². The average molecular weight is 800 g/mol. The van der Waals surface area contributed by atoms with Crippen LogP contribution >= 0.6 is 0 Å². The van der Waals surface area contributed by atoms with Gasteiger partial charge < -0.3 is 19.8 Å². The lowest BCUT2D eigenvalue weighted by molar-refractivity contribution is -0.181. The van der Waals surface area contributed by atoms with Crippen LogP contribution in [-0.2, 0) is 20.7 Å². The number of halogens is 2. The number of nitrogens with zero attached hydrogens (tertiary/aromatic N) is 1. The number of benzene rings is 2. The van der Waals surface area contributed by atoms with Gasteiger partial charge in [0.25, 0.3) is 5.91 Å². The van der Waals surface area contributed by atoms with Crippen molar-refractivity contribution >= 4 is 17.7 Å². The van der Waals surface area contributed by atoms with Gasteiger partial charge in [-0.3, -0.25) is 14.4 Å². The fourth-order valence-corrected chi connectivity index (χ4v) is 13.0. The second-order valence-electron chi connectivity index (χ2n) is 21.0. The van der Waals surface area contributed by atoms with Gasteiger partial charge in [0.2, 0.25) is 0 Å². The number of aliphatic hydroxyl groups excluding tert-OH is 1. The van der Waals surface area contributed by atoms with Crippen LogP contribution in [0.25, 0.3) is 0 Å². The molecule has 7 aliphatic carbocycles. The molecule has 2 aromatic carbocycles. The fraction of sp³-hybridized carbons (Fsp3) is 0.653. The van der Waals surface area contributed by atoms with Gasteiger partial charge in [-0.15, -0.1) is 0 Å². The zero-order chi connectivity index (χ0) is 41.8. The van der Waals surface area contributed by atoms with Crippen molar-refractivity contribution in [2.75, 3.05) is 13.1 Å². The Bertz CT molecular complexity index is 2060. The maximum atomic E-state index is 15.5. The fourth-order valence-electron chi connectivity index (χ4n) is 13.0. The standard InChI is InChI=1S/C49H63F2NO6/c1-29-9-8-19-46(6)37(35-16-11-30(23-34(53)15-10-29)24-36(35)41(54)31-13-17-39(50)40(51)25-31)18-20-48(46,57)28-52(27-32-12-14-33-26-38(32)44(33,2)3)42(55)49-22-21-47(7,43(56)58-49)45(49,4)5/h9,11,13,16-17,24-25,32-34,37-38,53,57H,8,10,12,14-15,18-23,26-28H2,1-7H3/t32-,33-,34-,37-,38-,46-,47-,48+,49+/m0/s1. The predicted octanol–water partition coefficient (Wildman–Crippen LogP) is 9.26. The highest BCUT2D eigenvalue weighted by Crippen LogP contribution is 2.67. The number of fused-ring (bicyclic) bond motifs is 12. The van der Waals surface area contributed by atoms with Crippen LogP contribution in [0.1, 0.15) is 152 Å². The quantitative estimate of drug-likeness (QED) is 0.165. The highest BCUT2D eigenvalue weighted by atomic mass is 19.2. The molecule has 0 unspecified atom stereocenters. The number of allylic oxidation sites excluding steroid dienone is 2. The van der Waals surface area contributed by atoms with E-state index in [9.17, 15) is 28.6 Å². The molecule has 0 spiro atoms. The third-order valence-electron chi connectivity index (χ3n) is 17.7. The van der Waals surface area contributed by atoms with Crippen molar-refractivity contribution < 1.29 is 38.1 Å². The first-order valence-corrected chi connectivity index (χ1v) is 21.9. The van der Waals surface area contributed by atoms with Crippen molar-refractivity contribution in [3.8, 4) is 0 Å². The van der Waals surface area contributed by atoms with Crippen molar-refractivity contribution in [2.45, 2.75) is 149 Å². The molecule has 6 bridgehead atoms. The lowest BCUT2D eigenvalue weighted by atomic mass is 9.45. The highest BCUT2D eigenvalue weighted by Gasteiger charge is 2.76. The van der Waals surface area contributed by atoms with Crippen molar-refractivity contribution in [1.29, 1.82) is 0 Å². The summed E-state index contributed by atoms with van der Waals surface area (Å²) in [7, 11) is 0. The highest BCUT2D eigenvalue weighted by molar-refractivity contribution is 6.10. The molecule has 1 saturated heterocycles. The lowest BCUT2D eigenvalue weighted by Crippen LogP contribution is -2.62. The maximum Gasteiger partial charge on any atom is 0.313 e. The first-order chi connectivity index (χ1) is 27.2. The summed E-state index contributed by atoms with van der Waals surface area (Å²) in [5.41, 5.74) is -1.90. The van der Waals surface area contributed by atoms with Gasteiger partial charge in [-0.1, -0.05) is 58.4 Å². The normalized spacial score (nSPS) is 37.3. The smallest absolute Gasteiger partial charge is 0.313 e. The molecular weight excluding hydrogens is 737 g/mol. The van der Waals surface area contributed by atoms with Gasteiger partial charge in [-0.05, 0) is 155 Å². The second-order valence-corrected chi connectivity index (χ2v) is 21.0. The third kappa shape index (κ3) is 6.09. The Morgan fingerprint density at radius 1 is 0.914 bits per heavy atom. The van der Waals surface area contributed by atoms with Crippen LogP contribution in [0.3, 0.4) is 0 Å². The molecule has 2 N–H and O–H groups in total. The zero-order valence-corrected chi connectivity index (χ0v) is 35.6. The Balaban J connectivity index is 1.22. The molecule has 7 nitrogen and oxygen atoms in total. The van der Waals surface area contributed by atoms with Gasteiger partial charge in [-0.2, -0.15) is 0 Å². The summed E-state index contributed by atoms with van der Waals surface area (Å²) in [6.07, 6.45) is 9.49. The number of ether oxygens (including phenoxy) is 1. The Morgan fingerprint density at radius 2 is 1.67 bits per heavy atom.